The second kappa shape index (κ2) is 3.03. The number of nitrogens with zero attached hydrogens (tertiary/aromatic N) is 1. The summed E-state index contributed by atoms with van der Waals surface area (Å²) in [5, 5.41) is 0.238. The lowest BCUT2D eigenvalue weighted by molar-refractivity contribution is 0.553. The topological polar surface area (TPSA) is 62.8 Å². The molecule has 0 atom stereocenters. The summed E-state index contributed by atoms with van der Waals surface area (Å²) in [5.74, 6) is 0. The fourth-order valence-electron chi connectivity index (χ4n) is 1.16. The Labute approximate surface area is 87.5 Å². The molecule has 0 amide bonds. The van der Waals surface area contributed by atoms with E-state index in [9.17, 15) is 12.3 Å². The van der Waals surface area contributed by atoms with Crippen LogP contribution in [0.4, 0.5) is 3.89 Å². The second-order valence-corrected chi connectivity index (χ2v) is 4.87. The Kier molecular flexibility index (Phi) is 2.07. The van der Waals surface area contributed by atoms with Crippen LogP contribution in [0, 0.1) is 0 Å². The lowest BCUT2D eigenvalue weighted by Gasteiger charge is -1.92. The van der Waals surface area contributed by atoms with Gasteiger partial charge in [-0.25, -0.2) is 4.98 Å². The third kappa shape index (κ3) is 1.53. The Bertz CT molecular complexity index is 593. The number of aromatic nitrogens is 2. The number of pyridine rings is 1. The molecule has 0 radical (unpaired) electrons. The molecule has 2 aromatic heterocycles. The molecule has 14 heavy (non-hydrogen) atoms. The Balaban J connectivity index is 2.87. The van der Waals surface area contributed by atoms with Crippen molar-refractivity contribution in [1.82, 2.24) is 9.97 Å². The van der Waals surface area contributed by atoms with Crippen LogP contribution in [-0.2, 0) is 10.2 Å². The SMILES string of the molecule is O=S(=O)(F)c1c[nH]c2ncc(Br)cc12. The number of nitrogens with one attached hydrogen (secondary N) is 1. The summed E-state index contributed by atoms with van der Waals surface area (Å²) in [6.45, 7) is 0. The molecule has 0 spiro atoms. The third-order valence-electron chi connectivity index (χ3n) is 1.72. The molecule has 0 aliphatic rings. The zero-order chi connectivity index (χ0) is 10.3. The van der Waals surface area contributed by atoms with Gasteiger partial charge >= 0.3 is 10.2 Å². The molecule has 2 rings (SSSR count). The first-order chi connectivity index (χ1) is 6.48. The standard InChI is InChI=1S/C7H4BrFN2O2S/c8-4-1-5-6(14(9,12)13)3-11-7(5)10-2-4/h1-3H,(H,10,11). The van der Waals surface area contributed by atoms with E-state index in [1.165, 1.54) is 12.3 Å². The van der Waals surface area contributed by atoms with E-state index in [2.05, 4.69) is 25.9 Å². The summed E-state index contributed by atoms with van der Waals surface area (Å²) in [7, 11) is -4.69. The van der Waals surface area contributed by atoms with Crippen molar-refractivity contribution in [2.24, 2.45) is 0 Å². The monoisotopic (exact) mass is 278 g/mol. The fraction of sp³-hybridized carbons (Fsp3) is 0. The first-order valence-corrected chi connectivity index (χ1v) is 5.73. The zero-order valence-electron chi connectivity index (χ0n) is 6.66. The summed E-state index contributed by atoms with van der Waals surface area (Å²) in [6.07, 6.45) is 2.58. The third-order valence-corrected chi connectivity index (χ3v) is 3.02. The van der Waals surface area contributed by atoms with Crippen LogP contribution in [-0.4, -0.2) is 18.4 Å². The number of H-pyrrole nitrogens is 1. The second-order valence-electron chi connectivity index (χ2n) is 2.64. The smallest absolute Gasteiger partial charge is 0.334 e. The van der Waals surface area contributed by atoms with Crippen molar-refractivity contribution in [3.63, 3.8) is 0 Å². The summed E-state index contributed by atoms with van der Waals surface area (Å²) in [6, 6.07) is 1.49. The molecular weight excluding hydrogens is 275 g/mol. The quantitative estimate of drug-likeness (QED) is 0.812. The number of hydrogen-bond acceptors (Lipinski definition) is 3. The minimum atomic E-state index is -4.69. The highest BCUT2D eigenvalue weighted by molar-refractivity contribution is 9.10. The molecule has 0 aliphatic heterocycles. The van der Waals surface area contributed by atoms with Crippen LogP contribution in [0.15, 0.2) is 27.8 Å². The van der Waals surface area contributed by atoms with E-state index in [1.54, 1.807) is 0 Å². The molecule has 0 fully saturated rings. The van der Waals surface area contributed by atoms with Gasteiger partial charge in [0.05, 0.1) is 0 Å². The van der Waals surface area contributed by atoms with Crippen molar-refractivity contribution in [3.05, 3.63) is 22.9 Å². The molecule has 0 aliphatic carbocycles. The minimum Gasteiger partial charge on any atom is -0.345 e. The highest BCUT2D eigenvalue weighted by Crippen LogP contribution is 2.25. The molecule has 74 valence electrons. The van der Waals surface area contributed by atoms with Crippen molar-refractivity contribution in [3.8, 4) is 0 Å². The van der Waals surface area contributed by atoms with Gasteiger partial charge < -0.3 is 4.98 Å². The van der Waals surface area contributed by atoms with E-state index in [0.717, 1.165) is 6.20 Å². The van der Waals surface area contributed by atoms with E-state index in [4.69, 9.17) is 0 Å². The fourth-order valence-corrected chi connectivity index (χ4v) is 2.10. The van der Waals surface area contributed by atoms with E-state index < -0.39 is 10.2 Å². The summed E-state index contributed by atoms with van der Waals surface area (Å²) in [5.41, 5.74) is 0.337. The lowest BCUT2D eigenvalue weighted by atomic mass is 10.3. The minimum absolute atomic E-state index is 0.238. The number of rotatable bonds is 1. The molecule has 0 aromatic carbocycles. The molecule has 0 bridgehead atoms. The van der Waals surface area contributed by atoms with E-state index in [1.807, 2.05) is 0 Å². The Morgan fingerprint density at radius 1 is 1.50 bits per heavy atom. The highest BCUT2D eigenvalue weighted by atomic mass is 79.9. The van der Waals surface area contributed by atoms with Crippen LogP contribution in [0.2, 0.25) is 0 Å². The van der Waals surface area contributed by atoms with Crippen molar-refractivity contribution >= 4 is 37.2 Å². The van der Waals surface area contributed by atoms with E-state index in [0.29, 0.717) is 10.1 Å². The Hall–Kier alpha value is -0.950. The van der Waals surface area contributed by atoms with Gasteiger partial charge in [-0.15, -0.1) is 3.89 Å². The first-order valence-electron chi connectivity index (χ1n) is 3.56. The summed E-state index contributed by atoms with van der Waals surface area (Å²) >= 11 is 3.12. The maximum absolute atomic E-state index is 12.7. The van der Waals surface area contributed by atoms with Gasteiger partial charge in [-0.3, -0.25) is 0 Å². The highest BCUT2D eigenvalue weighted by Gasteiger charge is 2.18. The van der Waals surface area contributed by atoms with Crippen LogP contribution >= 0.6 is 15.9 Å². The van der Waals surface area contributed by atoms with Crippen molar-refractivity contribution in [1.29, 1.82) is 0 Å². The molecule has 7 heteroatoms. The molecule has 0 unspecified atom stereocenters. The molecule has 2 heterocycles. The average Bonchev–Trinajstić information content (AvgIpc) is 2.45. The number of aromatic amines is 1. The number of fused-ring (bicyclic) bond motifs is 1. The lowest BCUT2D eigenvalue weighted by Crippen LogP contribution is -1.89. The van der Waals surface area contributed by atoms with Crippen LogP contribution in [0.1, 0.15) is 0 Å². The predicted molar refractivity (Wildman–Crippen MR) is 52.1 cm³/mol. The van der Waals surface area contributed by atoms with Crippen LogP contribution in [0.3, 0.4) is 0 Å². The van der Waals surface area contributed by atoms with Gasteiger partial charge in [-0.1, -0.05) is 0 Å². The maximum atomic E-state index is 12.7. The normalized spacial score (nSPS) is 12.1. The van der Waals surface area contributed by atoms with Crippen LogP contribution in [0.25, 0.3) is 11.0 Å². The molecule has 1 N–H and O–H groups in total. The van der Waals surface area contributed by atoms with E-state index in [-0.39, 0.29) is 10.3 Å². The van der Waals surface area contributed by atoms with Gasteiger partial charge in [0.15, 0.2) is 0 Å². The molecular formula is C7H4BrFN2O2S. The summed E-state index contributed by atoms with van der Waals surface area (Å²) in [4.78, 5) is 6.06. The van der Waals surface area contributed by atoms with Crippen LogP contribution in [0.5, 0.6) is 0 Å². The number of hydrogen-bond donors (Lipinski definition) is 1. The van der Waals surface area contributed by atoms with Gasteiger partial charge in [0.2, 0.25) is 0 Å². The molecule has 0 saturated carbocycles. The maximum Gasteiger partial charge on any atom is 0.334 e. The summed E-state index contributed by atoms with van der Waals surface area (Å²) < 4.78 is 34.7. The van der Waals surface area contributed by atoms with Gasteiger partial charge in [-0.2, -0.15) is 8.42 Å². The predicted octanol–water partition coefficient (Wildman–Crippen LogP) is 1.98. The largest absolute Gasteiger partial charge is 0.345 e. The molecule has 4 nitrogen and oxygen atoms in total. The Morgan fingerprint density at radius 3 is 2.86 bits per heavy atom. The van der Waals surface area contributed by atoms with Crippen molar-refractivity contribution in [2.75, 3.05) is 0 Å². The van der Waals surface area contributed by atoms with Crippen LogP contribution < -0.4 is 0 Å². The van der Waals surface area contributed by atoms with Crippen molar-refractivity contribution in [2.45, 2.75) is 4.90 Å². The van der Waals surface area contributed by atoms with E-state index >= 15 is 0 Å². The van der Waals surface area contributed by atoms with Gasteiger partial charge in [0.1, 0.15) is 10.5 Å². The van der Waals surface area contributed by atoms with Gasteiger partial charge in [0.25, 0.3) is 0 Å². The zero-order valence-corrected chi connectivity index (χ0v) is 9.06. The first kappa shape index (κ1) is 9.60. The van der Waals surface area contributed by atoms with Gasteiger partial charge in [0, 0.05) is 22.3 Å². The Morgan fingerprint density at radius 2 is 2.21 bits per heavy atom. The van der Waals surface area contributed by atoms with Crippen molar-refractivity contribution < 1.29 is 12.3 Å². The average molecular weight is 279 g/mol. The number of halogens is 2. The molecule has 2 aromatic rings. The van der Waals surface area contributed by atoms with Gasteiger partial charge in [-0.05, 0) is 22.0 Å². The molecule has 0 saturated heterocycles.